The van der Waals surface area contributed by atoms with E-state index in [-0.39, 0.29) is 18.2 Å². The smallest absolute Gasteiger partial charge is 0.302 e. The van der Waals surface area contributed by atoms with Crippen LogP contribution in [0.15, 0.2) is 0 Å². The van der Waals surface area contributed by atoms with Crippen molar-refractivity contribution in [2.24, 2.45) is 0 Å². The van der Waals surface area contributed by atoms with E-state index < -0.39 is 0 Å². The molecule has 0 bridgehead atoms. The molecule has 0 aliphatic rings. The van der Waals surface area contributed by atoms with Crippen molar-refractivity contribution in [1.82, 2.24) is 0 Å². The second-order valence-electron chi connectivity index (χ2n) is 2.75. The molecule has 0 aliphatic heterocycles. The third-order valence-electron chi connectivity index (χ3n) is 0.402. The summed E-state index contributed by atoms with van der Waals surface area (Å²) >= 11 is 0. The predicted octanol–water partition coefficient (Wildman–Crippen LogP) is 1.34. The molecular formula is C8H18O3. The third kappa shape index (κ3) is 44.2. The van der Waals surface area contributed by atoms with Crippen LogP contribution in [0.25, 0.3) is 0 Å². The monoisotopic (exact) mass is 162 g/mol. The molecular weight excluding hydrogens is 144 g/mol. The first-order chi connectivity index (χ1) is 4.86. The number of hydrogen-bond donors (Lipinski definition) is 1. The molecule has 0 atom stereocenters. The molecule has 11 heavy (non-hydrogen) atoms. The van der Waals surface area contributed by atoms with Gasteiger partial charge in [0, 0.05) is 13.0 Å². The van der Waals surface area contributed by atoms with E-state index in [0.717, 1.165) is 0 Å². The van der Waals surface area contributed by atoms with E-state index in [1.165, 1.54) is 6.92 Å². The summed E-state index contributed by atoms with van der Waals surface area (Å²) in [7, 11) is 0. The minimum atomic E-state index is -0.213. The van der Waals surface area contributed by atoms with Crippen molar-refractivity contribution in [3.63, 3.8) is 0 Å². The summed E-state index contributed by atoms with van der Waals surface area (Å²) in [4.78, 5) is 10.0. The second-order valence-corrected chi connectivity index (χ2v) is 2.75. The second kappa shape index (κ2) is 7.54. The fourth-order valence-electron chi connectivity index (χ4n) is 0.332. The van der Waals surface area contributed by atoms with Gasteiger partial charge in [0.15, 0.2) is 0 Å². The highest BCUT2D eigenvalue weighted by Gasteiger charge is 1.93. The van der Waals surface area contributed by atoms with Gasteiger partial charge in [-0.05, 0) is 27.7 Å². The minimum absolute atomic E-state index is 0.0255. The first-order valence-corrected chi connectivity index (χ1v) is 3.71. The molecule has 1 N–H and O–H groups in total. The van der Waals surface area contributed by atoms with Crippen LogP contribution in [0, 0.1) is 0 Å². The molecule has 68 valence electrons. The zero-order valence-corrected chi connectivity index (χ0v) is 7.92. The Morgan fingerprint density at radius 2 is 1.55 bits per heavy atom. The number of carbonyl (C=O) groups excluding carboxylic acids is 1. The van der Waals surface area contributed by atoms with Gasteiger partial charge in [-0.3, -0.25) is 4.79 Å². The normalized spacial score (nSPS) is 9.09. The quantitative estimate of drug-likeness (QED) is 0.592. The van der Waals surface area contributed by atoms with Crippen molar-refractivity contribution in [2.75, 3.05) is 0 Å². The van der Waals surface area contributed by atoms with Gasteiger partial charge in [-0.15, -0.1) is 0 Å². The van der Waals surface area contributed by atoms with Crippen LogP contribution in [-0.2, 0) is 9.53 Å². The van der Waals surface area contributed by atoms with Crippen molar-refractivity contribution < 1.29 is 14.6 Å². The van der Waals surface area contributed by atoms with Gasteiger partial charge >= 0.3 is 5.97 Å². The van der Waals surface area contributed by atoms with Gasteiger partial charge in [-0.25, -0.2) is 0 Å². The van der Waals surface area contributed by atoms with Crippen LogP contribution in [-0.4, -0.2) is 23.3 Å². The molecule has 3 heteroatoms. The molecule has 0 unspecified atom stereocenters. The van der Waals surface area contributed by atoms with E-state index in [4.69, 9.17) is 5.11 Å². The Balaban J connectivity index is 0. The van der Waals surface area contributed by atoms with Gasteiger partial charge in [0.1, 0.15) is 0 Å². The van der Waals surface area contributed by atoms with Crippen LogP contribution in [0.5, 0.6) is 0 Å². The van der Waals surface area contributed by atoms with Gasteiger partial charge in [0.2, 0.25) is 0 Å². The number of ether oxygens (including phenoxy) is 1. The Kier molecular flexibility index (Phi) is 8.94. The highest BCUT2D eigenvalue weighted by molar-refractivity contribution is 5.66. The molecule has 0 aromatic heterocycles. The Hall–Kier alpha value is -0.570. The van der Waals surface area contributed by atoms with Gasteiger partial charge in [0.05, 0.1) is 6.10 Å². The lowest BCUT2D eigenvalue weighted by atomic mass is 10.5. The van der Waals surface area contributed by atoms with Crippen molar-refractivity contribution in [2.45, 2.75) is 46.8 Å². The maximum Gasteiger partial charge on any atom is 0.302 e. The summed E-state index contributed by atoms with van der Waals surface area (Å²) < 4.78 is 4.61. The molecule has 0 saturated heterocycles. The van der Waals surface area contributed by atoms with Crippen LogP contribution >= 0.6 is 0 Å². The average molecular weight is 162 g/mol. The SMILES string of the molecule is CC(=O)OC(C)C.CC(C)O. The van der Waals surface area contributed by atoms with E-state index in [0.29, 0.717) is 0 Å². The molecule has 0 amide bonds. The molecule has 0 aromatic carbocycles. The number of hydrogen-bond acceptors (Lipinski definition) is 3. The zero-order valence-electron chi connectivity index (χ0n) is 7.92. The average Bonchev–Trinajstić information content (AvgIpc) is 1.56. The van der Waals surface area contributed by atoms with Crippen molar-refractivity contribution in [3.8, 4) is 0 Å². The molecule has 0 saturated carbocycles. The van der Waals surface area contributed by atoms with Crippen molar-refractivity contribution >= 4 is 5.97 Å². The Morgan fingerprint density at radius 1 is 1.27 bits per heavy atom. The van der Waals surface area contributed by atoms with E-state index in [1.807, 2.05) is 13.8 Å². The maximum absolute atomic E-state index is 10.0. The topological polar surface area (TPSA) is 46.5 Å². The Morgan fingerprint density at radius 3 is 1.55 bits per heavy atom. The van der Waals surface area contributed by atoms with E-state index in [1.54, 1.807) is 13.8 Å². The van der Waals surface area contributed by atoms with E-state index in [2.05, 4.69) is 4.74 Å². The fraction of sp³-hybridized carbons (Fsp3) is 0.875. The van der Waals surface area contributed by atoms with Crippen LogP contribution < -0.4 is 0 Å². The summed E-state index contributed by atoms with van der Waals surface area (Å²) in [6, 6.07) is 0. The van der Waals surface area contributed by atoms with Crippen LogP contribution in [0.4, 0.5) is 0 Å². The molecule has 0 fully saturated rings. The number of aliphatic hydroxyl groups excluding tert-OH is 1. The fourth-order valence-corrected chi connectivity index (χ4v) is 0.332. The molecule has 0 rings (SSSR count). The molecule has 0 aliphatic carbocycles. The lowest BCUT2D eigenvalue weighted by Crippen LogP contribution is -2.06. The summed E-state index contributed by atoms with van der Waals surface area (Å²) in [6.45, 7) is 8.49. The predicted molar refractivity (Wildman–Crippen MR) is 44.3 cm³/mol. The van der Waals surface area contributed by atoms with E-state index >= 15 is 0 Å². The Labute approximate surface area is 68.4 Å². The number of aliphatic hydroxyl groups is 1. The summed E-state index contributed by atoms with van der Waals surface area (Å²) in [5.74, 6) is -0.213. The van der Waals surface area contributed by atoms with Gasteiger partial charge < -0.3 is 9.84 Å². The van der Waals surface area contributed by atoms with Gasteiger partial charge in [0.25, 0.3) is 0 Å². The standard InChI is InChI=1S/C5H10O2.C3H8O/c1-4(2)7-5(3)6;1-3(2)4/h4H,1-3H3;3-4H,1-2H3. The van der Waals surface area contributed by atoms with Crippen molar-refractivity contribution in [1.29, 1.82) is 0 Å². The van der Waals surface area contributed by atoms with E-state index in [9.17, 15) is 4.79 Å². The summed E-state index contributed by atoms with van der Waals surface area (Å²) in [5.41, 5.74) is 0. The largest absolute Gasteiger partial charge is 0.463 e. The highest BCUT2D eigenvalue weighted by Crippen LogP contribution is 1.85. The van der Waals surface area contributed by atoms with Gasteiger partial charge in [-0.2, -0.15) is 0 Å². The summed E-state index contributed by atoms with van der Waals surface area (Å²) in [5, 5.41) is 8.06. The Bertz CT molecular complexity index is 94.8. The van der Waals surface area contributed by atoms with Crippen LogP contribution in [0.2, 0.25) is 0 Å². The minimum Gasteiger partial charge on any atom is -0.463 e. The number of rotatable bonds is 1. The van der Waals surface area contributed by atoms with Crippen LogP contribution in [0.3, 0.4) is 0 Å². The number of esters is 1. The molecule has 0 radical (unpaired) electrons. The number of carbonyl (C=O) groups is 1. The first-order valence-electron chi connectivity index (χ1n) is 3.71. The summed E-state index contributed by atoms with van der Waals surface area (Å²) in [6.07, 6.45) is -0.141. The third-order valence-corrected chi connectivity index (χ3v) is 0.402. The molecule has 3 nitrogen and oxygen atoms in total. The van der Waals surface area contributed by atoms with Gasteiger partial charge in [-0.1, -0.05) is 0 Å². The highest BCUT2D eigenvalue weighted by atomic mass is 16.5. The molecule has 0 aromatic rings. The first kappa shape index (κ1) is 13.1. The van der Waals surface area contributed by atoms with Crippen molar-refractivity contribution in [3.05, 3.63) is 0 Å². The lowest BCUT2D eigenvalue weighted by molar-refractivity contribution is -0.144. The molecule has 0 spiro atoms. The van der Waals surface area contributed by atoms with Crippen LogP contribution in [0.1, 0.15) is 34.6 Å². The molecule has 0 heterocycles. The maximum atomic E-state index is 10.0. The zero-order chi connectivity index (χ0) is 9.44. The lowest BCUT2D eigenvalue weighted by Gasteiger charge is -2.01.